The smallest absolute Gasteiger partial charge is 0.0698 e. The van der Waals surface area contributed by atoms with Crippen LogP contribution in [0.3, 0.4) is 0 Å². The van der Waals surface area contributed by atoms with Gasteiger partial charge in [0.05, 0.1) is 16.4 Å². The lowest BCUT2D eigenvalue weighted by molar-refractivity contribution is 1.10. The highest BCUT2D eigenvalue weighted by Gasteiger charge is 2.00. The first-order valence-electron chi connectivity index (χ1n) is 3.04. The van der Waals surface area contributed by atoms with Crippen molar-refractivity contribution < 1.29 is 0 Å². The molecule has 0 spiro atoms. The molecule has 0 aliphatic rings. The van der Waals surface area contributed by atoms with Crippen LogP contribution in [0.5, 0.6) is 0 Å². The second-order valence-electron chi connectivity index (χ2n) is 2.00. The molecule has 1 heterocycles. The number of halogens is 3. The molecule has 0 fully saturated rings. The highest BCUT2D eigenvalue weighted by atomic mass is 79.9. The van der Waals surface area contributed by atoms with E-state index in [0.29, 0.717) is 10.4 Å². The lowest BCUT2D eigenvalue weighted by Crippen LogP contribution is -1.91. The highest BCUT2D eigenvalue weighted by Crippen LogP contribution is 2.17. The van der Waals surface area contributed by atoms with Crippen LogP contribution in [-0.4, -0.2) is 4.98 Å². The predicted molar refractivity (Wildman–Crippen MR) is 54.5 cm³/mol. The van der Waals surface area contributed by atoms with Crippen LogP contribution in [0.25, 0.3) is 0 Å². The van der Waals surface area contributed by atoms with E-state index in [1.54, 1.807) is 0 Å². The molecule has 0 aromatic carbocycles. The number of pyridine rings is 1. The van der Waals surface area contributed by atoms with Crippen LogP contribution in [0, 0.1) is 0 Å². The lowest BCUT2D eigenvalue weighted by Gasteiger charge is -2.00. The van der Waals surface area contributed by atoms with E-state index >= 15 is 0 Å². The summed E-state index contributed by atoms with van der Waals surface area (Å²) in [7, 11) is 0. The Hall–Kier alpha value is 0.400. The van der Waals surface area contributed by atoms with Gasteiger partial charge in [-0.1, -0.05) is 43.5 Å². The normalized spacial score (nSPS) is 10.1. The molecule has 0 aliphatic heterocycles. The van der Waals surface area contributed by atoms with Crippen molar-refractivity contribution in [3.63, 3.8) is 0 Å². The molecule has 1 aromatic rings. The summed E-state index contributed by atoms with van der Waals surface area (Å²) in [5, 5.41) is 2.18. The lowest BCUT2D eigenvalue weighted by atomic mass is 10.3. The van der Waals surface area contributed by atoms with Crippen molar-refractivity contribution in [2.75, 3.05) is 0 Å². The Kier molecular flexibility index (Phi) is 3.82. The maximum Gasteiger partial charge on any atom is 0.0698 e. The minimum atomic E-state index is 0.701. The zero-order valence-electron chi connectivity index (χ0n) is 5.65. The highest BCUT2D eigenvalue weighted by molar-refractivity contribution is 9.08. The maximum atomic E-state index is 5.85. The van der Waals surface area contributed by atoms with Crippen LogP contribution in [0.4, 0.5) is 0 Å². The van der Waals surface area contributed by atoms with E-state index in [-0.39, 0.29) is 0 Å². The van der Waals surface area contributed by atoms with Gasteiger partial charge in [-0.25, -0.2) is 0 Å². The van der Waals surface area contributed by atoms with E-state index in [4.69, 9.17) is 11.6 Å². The minimum Gasteiger partial charge on any atom is -0.255 e. The summed E-state index contributed by atoms with van der Waals surface area (Å²) in [4.78, 5) is 4.28. The molecule has 1 aromatic heterocycles. The van der Waals surface area contributed by atoms with Gasteiger partial charge in [-0.3, -0.25) is 4.98 Å². The summed E-state index contributed by atoms with van der Waals surface area (Å²) in [6.45, 7) is 0. The second kappa shape index (κ2) is 4.43. The summed E-state index contributed by atoms with van der Waals surface area (Å²) in [5.74, 6) is 0. The Balaban J connectivity index is 3.02. The second-order valence-corrected chi connectivity index (χ2v) is 3.53. The first-order valence-corrected chi connectivity index (χ1v) is 5.66. The zero-order chi connectivity index (χ0) is 8.27. The number of nitrogens with zero attached hydrogens (tertiary/aromatic N) is 1. The Labute approximate surface area is 87.4 Å². The molecular weight excluding hydrogens is 293 g/mol. The third-order valence-corrected chi connectivity index (χ3v) is 2.69. The Morgan fingerprint density at radius 1 is 1.27 bits per heavy atom. The summed E-state index contributed by atoms with van der Waals surface area (Å²) in [6, 6.07) is 3.77. The van der Waals surface area contributed by atoms with E-state index in [2.05, 4.69) is 36.8 Å². The van der Waals surface area contributed by atoms with E-state index in [9.17, 15) is 0 Å². The predicted octanol–water partition coefficient (Wildman–Crippen LogP) is 3.52. The SMILES string of the molecule is Clc1ccc(CBr)nc1CBr. The summed E-state index contributed by atoms with van der Waals surface area (Å²) < 4.78 is 0. The monoisotopic (exact) mass is 297 g/mol. The average Bonchev–Trinajstić information content (AvgIpc) is 2.05. The molecule has 11 heavy (non-hydrogen) atoms. The van der Waals surface area contributed by atoms with Crippen molar-refractivity contribution in [1.82, 2.24) is 4.98 Å². The third-order valence-electron chi connectivity index (χ3n) is 1.24. The van der Waals surface area contributed by atoms with Gasteiger partial charge >= 0.3 is 0 Å². The molecule has 0 N–H and O–H groups in total. The van der Waals surface area contributed by atoms with Crippen LogP contribution in [-0.2, 0) is 10.7 Å². The van der Waals surface area contributed by atoms with Gasteiger partial charge in [0.15, 0.2) is 0 Å². The van der Waals surface area contributed by atoms with Crippen LogP contribution < -0.4 is 0 Å². The van der Waals surface area contributed by atoms with E-state index in [0.717, 1.165) is 16.7 Å². The molecule has 0 saturated carbocycles. The van der Waals surface area contributed by atoms with Gasteiger partial charge in [0, 0.05) is 10.7 Å². The van der Waals surface area contributed by atoms with Crippen LogP contribution in [0.2, 0.25) is 5.02 Å². The number of hydrogen-bond donors (Lipinski definition) is 0. The fourth-order valence-electron chi connectivity index (χ4n) is 0.698. The molecular formula is C7H6Br2ClN. The van der Waals surface area contributed by atoms with Crippen molar-refractivity contribution in [3.05, 3.63) is 28.5 Å². The van der Waals surface area contributed by atoms with Gasteiger partial charge < -0.3 is 0 Å². The molecule has 60 valence electrons. The molecule has 0 saturated heterocycles. The Morgan fingerprint density at radius 3 is 2.55 bits per heavy atom. The molecule has 1 rings (SSSR count). The number of rotatable bonds is 2. The van der Waals surface area contributed by atoms with Gasteiger partial charge in [0.25, 0.3) is 0 Å². The first-order chi connectivity index (χ1) is 5.27. The third kappa shape index (κ3) is 2.42. The van der Waals surface area contributed by atoms with E-state index in [1.165, 1.54) is 0 Å². The average molecular weight is 299 g/mol. The first kappa shape index (κ1) is 9.49. The fraction of sp³-hybridized carbons (Fsp3) is 0.286. The standard InChI is InChI=1S/C7H6Br2ClN/c8-3-5-1-2-6(10)7(4-9)11-5/h1-2H,3-4H2. The minimum absolute atomic E-state index is 0.701. The fourth-order valence-corrected chi connectivity index (χ4v) is 1.77. The molecule has 0 radical (unpaired) electrons. The Bertz CT molecular complexity index is 252. The number of alkyl halides is 2. The molecule has 0 atom stereocenters. The molecule has 4 heteroatoms. The van der Waals surface area contributed by atoms with Gasteiger partial charge in [-0.15, -0.1) is 0 Å². The maximum absolute atomic E-state index is 5.85. The zero-order valence-corrected chi connectivity index (χ0v) is 9.58. The van der Waals surface area contributed by atoms with Crippen LogP contribution in [0.15, 0.2) is 12.1 Å². The summed E-state index contributed by atoms with van der Waals surface area (Å²) >= 11 is 12.5. The van der Waals surface area contributed by atoms with Gasteiger partial charge in [-0.05, 0) is 12.1 Å². The summed E-state index contributed by atoms with van der Waals surface area (Å²) in [6.07, 6.45) is 0. The molecule has 0 unspecified atom stereocenters. The molecule has 0 amide bonds. The number of aromatic nitrogens is 1. The quantitative estimate of drug-likeness (QED) is 0.761. The molecule has 0 aliphatic carbocycles. The molecule has 1 nitrogen and oxygen atoms in total. The topological polar surface area (TPSA) is 12.9 Å². The largest absolute Gasteiger partial charge is 0.255 e. The van der Waals surface area contributed by atoms with Crippen molar-refractivity contribution in [1.29, 1.82) is 0 Å². The van der Waals surface area contributed by atoms with E-state index < -0.39 is 0 Å². The number of hydrogen-bond acceptors (Lipinski definition) is 1. The van der Waals surface area contributed by atoms with Crippen molar-refractivity contribution in [2.24, 2.45) is 0 Å². The van der Waals surface area contributed by atoms with Gasteiger partial charge in [-0.2, -0.15) is 0 Å². The molecule has 0 bridgehead atoms. The van der Waals surface area contributed by atoms with Crippen molar-refractivity contribution in [3.8, 4) is 0 Å². The van der Waals surface area contributed by atoms with Crippen molar-refractivity contribution in [2.45, 2.75) is 10.7 Å². The van der Waals surface area contributed by atoms with Crippen LogP contribution in [0.1, 0.15) is 11.4 Å². The van der Waals surface area contributed by atoms with Crippen LogP contribution >= 0.6 is 43.5 Å². The van der Waals surface area contributed by atoms with Crippen molar-refractivity contribution >= 4 is 43.5 Å². The summed E-state index contributed by atoms with van der Waals surface area (Å²) in [5.41, 5.74) is 1.90. The Morgan fingerprint density at radius 2 is 2.00 bits per heavy atom. The van der Waals surface area contributed by atoms with Gasteiger partial charge in [0.2, 0.25) is 0 Å². The van der Waals surface area contributed by atoms with E-state index in [1.807, 2.05) is 12.1 Å². The van der Waals surface area contributed by atoms with Gasteiger partial charge in [0.1, 0.15) is 0 Å².